The zero-order valence-electron chi connectivity index (χ0n) is 59.9. The maximum atomic E-state index is 12.6. The number of nitrogens with zero attached hydrogens (tertiary/aromatic N) is 6. The van der Waals surface area contributed by atoms with Crippen LogP contribution in [0.4, 0.5) is 39.5 Å². The van der Waals surface area contributed by atoms with Crippen LogP contribution < -0.4 is 26.6 Å². The quantitative estimate of drug-likeness (QED) is 0.0266. The van der Waals surface area contributed by atoms with E-state index in [4.69, 9.17) is 16.9 Å². The molecular formula is C81H89ClF9N11O5S. The first-order chi connectivity index (χ1) is 51.3. The van der Waals surface area contributed by atoms with Crippen LogP contribution in [0, 0.1) is 70.5 Å². The number of thioether (sulfide) groups is 1. The molecule has 5 saturated carbocycles. The van der Waals surface area contributed by atoms with E-state index in [0.29, 0.717) is 76.8 Å². The lowest BCUT2D eigenvalue weighted by atomic mass is 10.0. The van der Waals surface area contributed by atoms with Gasteiger partial charge in [0.15, 0.2) is 0 Å². The average molecular weight is 1540 g/mol. The number of benzene rings is 5. The summed E-state index contributed by atoms with van der Waals surface area (Å²) < 4.78 is 112. The van der Waals surface area contributed by atoms with Crippen LogP contribution >= 0.6 is 23.4 Å². The Balaban J connectivity index is 0.000000135. The minimum absolute atomic E-state index is 0.0522. The van der Waals surface area contributed by atoms with E-state index in [0.717, 1.165) is 131 Å². The van der Waals surface area contributed by atoms with Crippen LogP contribution in [0.25, 0.3) is 0 Å². The van der Waals surface area contributed by atoms with Gasteiger partial charge in [0, 0.05) is 137 Å². The number of alkyl halides is 9. The number of hydrogen-bond donors (Lipinski definition) is 5. The van der Waals surface area contributed by atoms with Crippen molar-refractivity contribution < 1.29 is 63.5 Å². The first kappa shape index (κ1) is 80.5. The second-order valence-electron chi connectivity index (χ2n) is 29.5. The lowest BCUT2D eigenvalue weighted by molar-refractivity contribution is -0.138. The van der Waals surface area contributed by atoms with Gasteiger partial charge in [-0.2, -0.15) is 44.8 Å². The molecule has 5 unspecified atom stereocenters. The van der Waals surface area contributed by atoms with Crippen LogP contribution in [-0.2, 0) is 56.0 Å². The number of rotatable bonds is 21. The van der Waals surface area contributed by atoms with Crippen molar-refractivity contribution in [3.63, 3.8) is 0 Å². The van der Waals surface area contributed by atoms with E-state index in [-0.39, 0.29) is 76.4 Å². The smallest absolute Gasteiger partial charge is 0.349 e. The molecule has 16 nitrogen and oxygen atoms in total. The molecule has 5 N–H and O–H groups in total. The van der Waals surface area contributed by atoms with Crippen LogP contribution in [0.3, 0.4) is 0 Å². The van der Waals surface area contributed by atoms with E-state index < -0.39 is 29.0 Å². The lowest BCUT2D eigenvalue weighted by Crippen LogP contribution is -2.35. The number of hydrogen-bond acceptors (Lipinski definition) is 12. The number of fused-ring (bicyclic) bond motifs is 5. The summed E-state index contributed by atoms with van der Waals surface area (Å²) in [5.74, 6) is 4.62. The monoisotopic (exact) mass is 1530 g/mol. The van der Waals surface area contributed by atoms with E-state index in [1.54, 1.807) is 36.4 Å². The van der Waals surface area contributed by atoms with Gasteiger partial charge in [-0.25, -0.2) is 0 Å². The average Bonchev–Trinajstić information content (AvgIpc) is 1.63. The highest BCUT2D eigenvalue weighted by atomic mass is 35.5. The largest absolute Gasteiger partial charge is 0.446 e. The standard InChI is InChI=1S/2C17H19F3N2O.C16H17F3N2OS.C16H17N3O.C15H17ClN2O/c2*1-3-15(23)21-16-13-8-22(9-14(13)16)10(2)11-4-6-12(7-5-11)17(18,19)20;1-2-14(22)20-15-12-8-21(9-13(12)15)7-10-3-5-11(6-4-10)23-16(17,18)19;1-2-15(20)18-16-13-9-19(10-14(13)16)8-12-5-3-11(7-17)4-6-12;1-2-14(19)17-15-12-8-18(9-13(12)15)7-10-3-5-11(16)6-4-10/h2*3-7,10,13-14,16H,1,8-9H2,2H3,(H,21,23);2-6,12-13,15H,1,7-9H2,(H,20,22);2-6,13-14,16H,1,8-10H2,(H,18,20);2-6,12-13,15H,1,7-9H2,(H,17,19)/t2*10-,13-,14+,16?;12-,13+,15?;13-,14+,16?;12-,13+,15?/m10.../s1. The molecule has 27 heteroatoms. The molecule has 5 amide bonds. The van der Waals surface area contributed by atoms with Gasteiger partial charge in [-0.1, -0.05) is 105 Å². The highest BCUT2D eigenvalue weighted by Gasteiger charge is 2.60. The van der Waals surface area contributed by atoms with Gasteiger partial charge in [0.05, 0.1) is 22.8 Å². The van der Waals surface area contributed by atoms with Crippen molar-refractivity contribution in [2.45, 2.75) is 98.5 Å². The minimum Gasteiger partial charge on any atom is -0.349 e. The summed E-state index contributed by atoms with van der Waals surface area (Å²) >= 11 is 5.78. The Morgan fingerprint density at radius 2 is 0.676 bits per heavy atom. The molecule has 574 valence electrons. The van der Waals surface area contributed by atoms with Crippen LogP contribution in [0.2, 0.25) is 5.02 Å². The molecule has 0 bridgehead atoms. The summed E-state index contributed by atoms with van der Waals surface area (Å²) in [7, 11) is 0. The fourth-order valence-corrected chi connectivity index (χ4v) is 17.0. The number of nitrogens with one attached hydrogen (secondary N) is 5. The molecule has 15 rings (SSSR count). The van der Waals surface area contributed by atoms with E-state index in [2.05, 4.69) is 102 Å². The fraction of sp³-hybridized carbons (Fsp3) is 0.432. The summed E-state index contributed by atoms with van der Waals surface area (Å²) in [6.45, 7) is 33.3. The van der Waals surface area contributed by atoms with Gasteiger partial charge in [0.25, 0.3) is 0 Å². The zero-order valence-corrected chi connectivity index (χ0v) is 61.5. The number of carbonyl (C=O) groups is 5. The summed E-state index contributed by atoms with van der Waals surface area (Å²) in [6, 6.07) is 36.7. The molecule has 0 aromatic heterocycles. The normalized spacial score (nSPS) is 27.8. The van der Waals surface area contributed by atoms with Gasteiger partial charge in [0.2, 0.25) is 29.5 Å². The molecule has 5 aromatic carbocycles. The number of piperidine rings is 5. The van der Waals surface area contributed by atoms with Crippen LogP contribution in [-0.4, -0.2) is 155 Å². The van der Waals surface area contributed by atoms with Gasteiger partial charge in [-0.3, -0.25) is 48.5 Å². The molecule has 0 radical (unpaired) electrons. The van der Waals surface area contributed by atoms with Gasteiger partial charge >= 0.3 is 17.9 Å². The highest BCUT2D eigenvalue weighted by Crippen LogP contribution is 2.51. The molecule has 10 fully saturated rings. The molecule has 5 aliphatic heterocycles. The van der Waals surface area contributed by atoms with Crippen molar-refractivity contribution in [3.05, 3.63) is 234 Å². The fourth-order valence-electron chi connectivity index (χ4n) is 16.3. The van der Waals surface area contributed by atoms with Crippen molar-refractivity contribution in [2.75, 3.05) is 65.4 Å². The maximum Gasteiger partial charge on any atom is 0.446 e. The number of halogens is 10. The van der Waals surface area contributed by atoms with Gasteiger partial charge < -0.3 is 26.6 Å². The van der Waals surface area contributed by atoms with Crippen LogP contribution in [0.5, 0.6) is 0 Å². The van der Waals surface area contributed by atoms with Crippen LogP contribution in [0.15, 0.2) is 189 Å². The molecule has 108 heavy (non-hydrogen) atoms. The maximum absolute atomic E-state index is 12.6. The van der Waals surface area contributed by atoms with E-state index >= 15 is 0 Å². The number of amides is 5. The molecule has 17 atom stereocenters. The number of carbonyl (C=O) groups excluding carboxylic acids is 5. The predicted molar refractivity (Wildman–Crippen MR) is 395 cm³/mol. The number of likely N-dealkylation sites (tertiary alicyclic amines) is 5. The highest BCUT2D eigenvalue weighted by molar-refractivity contribution is 8.00. The van der Waals surface area contributed by atoms with Gasteiger partial charge in [-0.15, -0.1) is 0 Å². The second kappa shape index (κ2) is 34.2. The predicted octanol–water partition coefficient (Wildman–Crippen LogP) is 12.4. The van der Waals surface area contributed by atoms with Crippen molar-refractivity contribution in [3.8, 4) is 6.07 Å². The Morgan fingerprint density at radius 1 is 0.426 bits per heavy atom. The summed E-state index contributed by atoms with van der Waals surface area (Å²) in [6.07, 6.45) is -2.08. The molecule has 5 saturated heterocycles. The zero-order chi connectivity index (χ0) is 77.7. The summed E-state index contributed by atoms with van der Waals surface area (Å²) in [4.78, 5) is 68.2. The lowest BCUT2D eigenvalue weighted by Gasteiger charge is -2.27. The molecule has 0 spiro atoms. The van der Waals surface area contributed by atoms with E-state index in [1.807, 2.05) is 50.2 Å². The molecule has 5 aliphatic carbocycles. The van der Waals surface area contributed by atoms with Gasteiger partial charge in [-0.05, 0) is 204 Å². The third-order valence-electron chi connectivity index (χ3n) is 22.6. The summed E-state index contributed by atoms with van der Waals surface area (Å²) in [5, 5.41) is 24.3. The first-order valence-electron chi connectivity index (χ1n) is 36.1. The second-order valence-corrected chi connectivity index (χ2v) is 31.1. The third-order valence-corrected chi connectivity index (χ3v) is 23.6. The van der Waals surface area contributed by atoms with Crippen LogP contribution in [0.1, 0.15) is 70.4 Å². The number of nitriles is 1. The van der Waals surface area contributed by atoms with Crippen molar-refractivity contribution >= 4 is 52.9 Å². The Morgan fingerprint density at radius 3 is 0.917 bits per heavy atom. The summed E-state index contributed by atoms with van der Waals surface area (Å²) in [5.41, 5.74) is 0.499. The Hall–Kier alpha value is -8.55. The molecule has 10 aliphatic rings. The van der Waals surface area contributed by atoms with Crippen molar-refractivity contribution in [1.29, 1.82) is 5.26 Å². The third kappa shape index (κ3) is 20.9. The topological polar surface area (TPSA) is 185 Å². The SMILES string of the molecule is C=CC(=O)NC1[C@H]2CN(Cc3ccc(C#N)cc3)C[C@@H]12.C=CC(=O)NC1[C@H]2CN(Cc3ccc(Cl)cc3)C[C@@H]12.C=CC(=O)NC1[C@H]2CN(Cc3ccc(SC(F)(F)F)cc3)C[C@@H]12.C=CC(=O)NC1[C@H]2CN([C@@H](C)c3ccc(C(F)(F)F)cc3)C[C@@H]12.C=CC(=O)NC1[C@H]2CN([C@H](C)c3ccc(C(F)(F)F)cc3)C[C@@H]12. The Kier molecular flexibility index (Phi) is 25.4. The van der Waals surface area contributed by atoms with E-state index in [1.165, 1.54) is 53.6 Å². The molecule has 5 heterocycles. The Bertz CT molecular complexity index is 3960. The molecule has 5 aromatic rings. The minimum atomic E-state index is -4.30. The van der Waals surface area contributed by atoms with Crippen molar-refractivity contribution in [1.82, 2.24) is 51.1 Å². The first-order valence-corrected chi connectivity index (χ1v) is 37.3. The van der Waals surface area contributed by atoms with E-state index in [9.17, 15) is 63.5 Å². The molecular weight excluding hydrogens is 1450 g/mol. The van der Waals surface area contributed by atoms with Crippen molar-refractivity contribution in [2.24, 2.45) is 59.2 Å². The Labute approximate surface area is 632 Å². The van der Waals surface area contributed by atoms with Gasteiger partial charge in [0.1, 0.15) is 0 Å².